The van der Waals surface area contributed by atoms with Crippen LogP contribution in [0.25, 0.3) is 0 Å². The highest BCUT2D eigenvalue weighted by atomic mass is 32.2. The number of fused-ring (bicyclic) bond motifs is 1. The molecule has 1 aromatic heterocycles. The Labute approximate surface area is 127 Å². The number of carbonyl (C=O) groups is 1. The molecule has 1 atom stereocenters. The molecule has 5 nitrogen and oxygen atoms in total. The number of nitrogens with zero attached hydrogens (tertiary/aromatic N) is 3. The molecule has 108 valence electrons. The van der Waals surface area contributed by atoms with Gasteiger partial charge in [-0.2, -0.15) is 0 Å². The SMILES string of the molecule is CSc1cc(N2Cc3ccccc3C(C(=O)O)C2)ncn1. The topological polar surface area (TPSA) is 66.3 Å². The summed E-state index contributed by atoms with van der Waals surface area (Å²) in [6.45, 7) is 1.10. The number of aliphatic carboxylic acids is 1. The van der Waals surface area contributed by atoms with Gasteiger partial charge in [0, 0.05) is 19.2 Å². The number of hydrogen-bond acceptors (Lipinski definition) is 5. The molecule has 1 N–H and O–H groups in total. The second-order valence-corrected chi connectivity index (χ2v) is 5.72. The summed E-state index contributed by atoms with van der Waals surface area (Å²) in [4.78, 5) is 22.0. The molecule has 0 aliphatic carbocycles. The van der Waals surface area contributed by atoms with E-state index in [1.807, 2.05) is 41.5 Å². The summed E-state index contributed by atoms with van der Waals surface area (Å²) in [5, 5.41) is 10.4. The highest BCUT2D eigenvalue weighted by molar-refractivity contribution is 7.98. The molecule has 0 fully saturated rings. The molecule has 1 aromatic carbocycles. The van der Waals surface area contributed by atoms with Gasteiger partial charge in [-0.15, -0.1) is 11.8 Å². The van der Waals surface area contributed by atoms with E-state index >= 15 is 0 Å². The zero-order chi connectivity index (χ0) is 14.8. The normalized spacial score (nSPS) is 17.4. The fourth-order valence-electron chi connectivity index (χ4n) is 2.61. The Bertz CT molecular complexity index is 677. The van der Waals surface area contributed by atoms with Crippen LogP contribution in [0.15, 0.2) is 41.7 Å². The Morgan fingerprint density at radius 3 is 2.95 bits per heavy atom. The molecular formula is C15H15N3O2S. The third-order valence-electron chi connectivity index (χ3n) is 3.65. The van der Waals surface area contributed by atoms with Crippen LogP contribution in [0.4, 0.5) is 5.82 Å². The Balaban J connectivity index is 1.97. The maximum absolute atomic E-state index is 11.6. The molecular weight excluding hydrogens is 286 g/mol. The zero-order valence-corrected chi connectivity index (χ0v) is 12.4. The third kappa shape index (κ3) is 2.71. The van der Waals surface area contributed by atoms with Gasteiger partial charge in [-0.1, -0.05) is 24.3 Å². The molecule has 1 aliphatic heterocycles. The van der Waals surface area contributed by atoms with Crippen molar-refractivity contribution >= 4 is 23.5 Å². The van der Waals surface area contributed by atoms with Crippen molar-refractivity contribution in [2.24, 2.45) is 0 Å². The monoisotopic (exact) mass is 301 g/mol. The van der Waals surface area contributed by atoms with Crippen LogP contribution in [0.2, 0.25) is 0 Å². The molecule has 0 radical (unpaired) electrons. The second kappa shape index (κ2) is 5.73. The van der Waals surface area contributed by atoms with E-state index in [-0.39, 0.29) is 0 Å². The molecule has 0 spiro atoms. The van der Waals surface area contributed by atoms with Crippen LogP contribution in [-0.2, 0) is 11.3 Å². The summed E-state index contributed by atoms with van der Waals surface area (Å²) >= 11 is 1.55. The fraction of sp³-hybridized carbons (Fsp3) is 0.267. The Morgan fingerprint density at radius 1 is 1.38 bits per heavy atom. The van der Waals surface area contributed by atoms with E-state index in [2.05, 4.69) is 9.97 Å². The number of carboxylic acids is 1. The van der Waals surface area contributed by atoms with Gasteiger partial charge in [0.25, 0.3) is 0 Å². The van der Waals surface area contributed by atoms with Crippen molar-refractivity contribution in [2.45, 2.75) is 17.5 Å². The molecule has 0 bridgehead atoms. The van der Waals surface area contributed by atoms with Crippen molar-refractivity contribution in [3.05, 3.63) is 47.8 Å². The summed E-state index contributed by atoms with van der Waals surface area (Å²) in [5.74, 6) is -0.552. The average Bonchev–Trinajstić information content (AvgIpc) is 2.53. The minimum atomic E-state index is -0.800. The predicted octanol–water partition coefficient (Wildman–Crippen LogP) is 2.39. The first-order valence-electron chi connectivity index (χ1n) is 6.60. The summed E-state index contributed by atoms with van der Waals surface area (Å²) in [6.07, 6.45) is 3.48. The van der Waals surface area contributed by atoms with Crippen molar-refractivity contribution in [3.63, 3.8) is 0 Å². The predicted molar refractivity (Wildman–Crippen MR) is 81.7 cm³/mol. The lowest BCUT2D eigenvalue weighted by molar-refractivity contribution is -0.138. The molecule has 21 heavy (non-hydrogen) atoms. The Kier molecular flexibility index (Phi) is 3.79. The van der Waals surface area contributed by atoms with E-state index in [0.717, 1.165) is 22.0 Å². The third-order valence-corrected chi connectivity index (χ3v) is 4.29. The van der Waals surface area contributed by atoms with E-state index < -0.39 is 11.9 Å². The van der Waals surface area contributed by atoms with E-state index in [4.69, 9.17) is 0 Å². The molecule has 1 aliphatic rings. The van der Waals surface area contributed by atoms with Crippen LogP contribution in [-0.4, -0.2) is 33.8 Å². The summed E-state index contributed by atoms with van der Waals surface area (Å²) < 4.78 is 0. The van der Waals surface area contributed by atoms with Gasteiger partial charge in [0.05, 0.1) is 5.92 Å². The quantitative estimate of drug-likeness (QED) is 0.693. The largest absolute Gasteiger partial charge is 0.481 e. The van der Waals surface area contributed by atoms with Crippen molar-refractivity contribution in [1.82, 2.24) is 9.97 Å². The number of carboxylic acid groups (broad SMARTS) is 1. The van der Waals surface area contributed by atoms with Gasteiger partial charge >= 0.3 is 5.97 Å². The maximum Gasteiger partial charge on any atom is 0.312 e. The molecule has 0 saturated carbocycles. The highest BCUT2D eigenvalue weighted by Gasteiger charge is 2.30. The molecule has 3 rings (SSSR count). The van der Waals surface area contributed by atoms with Crippen LogP contribution >= 0.6 is 11.8 Å². The van der Waals surface area contributed by atoms with Gasteiger partial charge in [-0.3, -0.25) is 4.79 Å². The first-order valence-corrected chi connectivity index (χ1v) is 7.83. The highest BCUT2D eigenvalue weighted by Crippen LogP contribution is 2.31. The van der Waals surface area contributed by atoms with E-state index in [9.17, 15) is 9.90 Å². The fourth-order valence-corrected chi connectivity index (χ4v) is 2.98. The van der Waals surface area contributed by atoms with Crippen LogP contribution in [0, 0.1) is 0 Å². The van der Waals surface area contributed by atoms with Crippen molar-refractivity contribution < 1.29 is 9.90 Å². The van der Waals surface area contributed by atoms with Crippen molar-refractivity contribution in [1.29, 1.82) is 0 Å². The standard InChI is InChI=1S/C15H15N3O2S/c1-21-14-6-13(16-9-17-14)18-7-10-4-2-3-5-11(10)12(8-18)15(19)20/h2-6,9,12H,7-8H2,1H3,(H,19,20). The van der Waals surface area contributed by atoms with Gasteiger partial charge in [0.2, 0.25) is 0 Å². The Hall–Kier alpha value is -2.08. The minimum Gasteiger partial charge on any atom is -0.481 e. The number of anilines is 1. The van der Waals surface area contributed by atoms with Crippen LogP contribution in [0.5, 0.6) is 0 Å². The molecule has 0 saturated heterocycles. The summed E-state index contributed by atoms with van der Waals surface area (Å²) in [6, 6.07) is 9.61. The molecule has 0 amide bonds. The van der Waals surface area contributed by atoms with E-state index in [1.165, 1.54) is 6.33 Å². The van der Waals surface area contributed by atoms with Crippen molar-refractivity contribution in [2.75, 3.05) is 17.7 Å². The number of rotatable bonds is 3. The zero-order valence-electron chi connectivity index (χ0n) is 11.6. The molecule has 6 heteroatoms. The number of benzene rings is 1. The molecule has 1 unspecified atom stereocenters. The van der Waals surface area contributed by atoms with Gasteiger partial charge in [0.15, 0.2) is 0 Å². The van der Waals surface area contributed by atoms with E-state index in [1.54, 1.807) is 11.8 Å². The average molecular weight is 301 g/mol. The summed E-state index contributed by atoms with van der Waals surface area (Å²) in [7, 11) is 0. The van der Waals surface area contributed by atoms with Crippen LogP contribution in [0.1, 0.15) is 17.0 Å². The van der Waals surface area contributed by atoms with Gasteiger partial charge in [-0.05, 0) is 17.4 Å². The second-order valence-electron chi connectivity index (χ2n) is 4.89. The number of hydrogen-bond donors (Lipinski definition) is 1. The summed E-state index contributed by atoms with van der Waals surface area (Å²) in [5.41, 5.74) is 1.95. The lowest BCUT2D eigenvalue weighted by Crippen LogP contribution is -2.37. The molecule has 2 heterocycles. The van der Waals surface area contributed by atoms with Crippen LogP contribution < -0.4 is 4.90 Å². The first-order chi connectivity index (χ1) is 10.2. The van der Waals surface area contributed by atoms with Gasteiger partial charge in [-0.25, -0.2) is 9.97 Å². The lowest BCUT2D eigenvalue weighted by atomic mass is 9.90. The minimum absolute atomic E-state index is 0.428. The van der Waals surface area contributed by atoms with Crippen LogP contribution in [0.3, 0.4) is 0 Å². The molecule has 2 aromatic rings. The maximum atomic E-state index is 11.6. The van der Waals surface area contributed by atoms with Crippen molar-refractivity contribution in [3.8, 4) is 0 Å². The van der Waals surface area contributed by atoms with Gasteiger partial charge < -0.3 is 10.0 Å². The Morgan fingerprint density at radius 2 is 2.19 bits per heavy atom. The smallest absolute Gasteiger partial charge is 0.312 e. The van der Waals surface area contributed by atoms with Gasteiger partial charge in [0.1, 0.15) is 17.2 Å². The first kappa shape index (κ1) is 13.9. The lowest BCUT2D eigenvalue weighted by Gasteiger charge is -2.33. The van der Waals surface area contributed by atoms with E-state index in [0.29, 0.717) is 13.1 Å². The number of aromatic nitrogens is 2. The number of thioether (sulfide) groups is 1.